The zero-order valence-electron chi connectivity index (χ0n) is 7.08. The lowest BCUT2D eigenvalue weighted by atomic mass is 10.5. The van der Waals surface area contributed by atoms with Gasteiger partial charge in [0.1, 0.15) is 5.02 Å². The highest BCUT2D eigenvalue weighted by Crippen LogP contribution is 2.27. The minimum absolute atomic E-state index is 0.0943. The van der Waals surface area contributed by atoms with Gasteiger partial charge in [0.2, 0.25) is 0 Å². The van der Waals surface area contributed by atoms with Crippen LogP contribution in [-0.4, -0.2) is 18.2 Å². The SMILES string of the molecule is CCn1nc(C)c(Cl)c1S(=O)(=O)Cl. The van der Waals surface area contributed by atoms with Crippen LogP contribution in [-0.2, 0) is 15.6 Å². The van der Waals surface area contributed by atoms with Gasteiger partial charge in [-0.2, -0.15) is 5.10 Å². The molecule has 0 aliphatic heterocycles. The third-order valence-electron chi connectivity index (χ3n) is 1.54. The van der Waals surface area contributed by atoms with Gasteiger partial charge in [-0.05, 0) is 13.8 Å². The van der Waals surface area contributed by atoms with Crippen molar-refractivity contribution in [3.8, 4) is 0 Å². The molecule has 1 aromatic heterocycles. The van der Waals surface area contributed by atoms with Crippen LogP contribution in [0.4, 0.5) is 0 Å². The highest BCUT2D eigenvalue weighted by molar-refractivity contribution is 8.13. The van der Waals surface area contributed by atoms with Crippen molar-refractivity contribution in [2.45, 2.75) is 25.4 Å². The molecule has 7 heteroatoms. The largest absolute Gasteiger partial charge is 0.279 e. The van der Waals surface area contributed by atoms with Gasteiger partial charge in [0, 0.05) is 17.2 Å². The molecule has 0 bridgehead atoms. The van der Waals surface area contributed by atoms with Crippen LogP contribution in [0.15, 0.2) is 5.03 Å². The summed E-state index contributed by atoms with van der Waals surface area (Å²) < 4.78 is 23.4. The van der Waals surface area contributed by atoms with Crippen LogP contribution in [0, 0.1) is 6.92 Å². The van der Waals surface area contributed by atoms with E-state index in [1.165, 1.54) is 4.68 Å². The van der Waals surface area contributed by atoms with Crippen LogP contribution >= 0.6 is 22.3 Å². The van der Waals surface area contributed by atoms with E-state index in [9.17, 15) is 8.42 Å². The Morgan fingerprint density at radius 3 is 2.38 bits per heavy atom. The molecular formula is C6H8Cl2N2O2S. The number of aromatic nitrogens is 2. The van der Waals surface area contributed by atoms with Crippen molar-refractivity contribution in [3.63, 3.8) is 0 Å². The van der Waals surface area contributed by atoms with Crippen LogP contribution in [0.5, 0.6) is 0 Å². The Balaban J connectivity index is 3.51. The molecule has 0 amide bonds. The molecule has 0 unspecified atom stereocenters. The monoisotopic (exact) mass is 242 g/mol. The number of hydrogen-bond donors (Lipinski definition) is 0. The summed E-state index contributed by atoms with van der Waals surface area (Å²) in [6.07, 6.45) is 0. The van der Waals surface area contributed by atoms with Gasteiger partial charge in [-0.1, -0.05) is 11.6 Å². The van der Waals surface area contributed by atoms with Crippen LogP contribution in [0.2, 0.25) is 5.02 Å². The molecule has 1 heterocycles. The quantitative estimate of drug-likeness (QED) is 0.744. The third kappa shape index (κ3) is 1.98. The van der Waals surface area contributed by atoms with Gasteiger partial charge < -0.3 is 0 Å². The van der Waals surface area contributed by atoms with Crippen molar-refractivity contribution in [3.05, 3.63) is 10.7 Å². The van der Waals surface area contributed by atoms with E-state index in [1.54, 1.807) is 13.8 Å². The fraction of sp³-hybridized carbons (Fsp3) is 0.500. The zero-order chi connectivity index (χ0) is 10.2. The molecule has 0 fully saturated rings. The van der Waals surface area contributed by atoms with Gasteiger partial charge in [-0.15, -0.1) is 0 Å². The van der Waals surface area contributed by atoms with Gasteiger partial charge >= 0.3 is 0 Å². The Labute approximate surface area is 85.9 Å². The summed E-state index contributed by atoms with van der Waals surface area (Å²) in [7, 11) is 1.37. The molecule has 1 rings (SSSR count). The molecule has 0 radical (unpaired) electrons. The van der Waals surface area contributed by atoms with Crippen molar-refractivity contribution in [1.29, 1.82) is 0 Å². The molecule has 0 N–H and O–H groups in total. The summed E-state index contributed by atoms with van der Waals surface area (Å²) in [5, 5.41) is 3.88. The first kappa shape index (κ1) is 10.8. The fourth-order valence-electron chi connectivity index (χ4n) is 0.986. The Morgan fingerprint density at radius 2 is 2.08 bits per heavy atom. The van der Waals surface area contributed by atoms with E-state index < -0.39 is 9.05 Å². The van der Waals surface area contributed by atoms with Crippen LogP contribution in [0.3, 0.4) is 0 Å². The Kier molecular flexibility index (Phi) is 2.89. The zero-order valence-corrected chi connectivity index (χ0v) is 9.41. The second kappa shape index (κ2) is 3.48. The molecular weight excluding hydrogens is 235 g/mol. The van der Waals surface area contributed by atoms with Crippen molar-refractivity contribution in [2.24, 2.45) is 0 Å². The number of halogens is 2. The number of nitrogens with zero attached hydrogens (tertiary/aromatic N) is 2. The molecule has 0 saturated carbocycles. The average Bonchev–Trinajstić information content (AvgIpc) is 2.26. The molecule has 74 valence electrons. The maximum absolute atomic E-state index is 11.1. The smallest absolute Gasteiger partial charge is 0.252 e. The molecule has 0 aliphatic carbocycles. The molecule has 1 aromatic rings. The highest BCUT2D eigenvalue weighted by atomic mass is 35.7. The summed E-state index contributed by atoms with van der Waals surface area (Å²) in [5.41, 5.74) is 0.461. The van der Waals surface area contributed by atoms with Crippen LogP contribution in [0.1, 0.15) is 12.6 Å². The number of rotatable bonds is 2. The van der Waals surface area contributed by atoms with Crippen molar-refractivity contribution < 1.29 is 8.42 Å². The van der Waals surface area contributed by atoms with Gasteiger partial charge in [0.25, 0.3) is 9.05 Å². The van der Waals surface area contributed by atoms with E-state index in [-0.39, 0.29) is 10.0 Å². The van der Waals surface area contributed by atoms with Crippen LogP contribution < -0.4 is 0 Å². The molecule has 13 heavy (non-hydrogen) atoms. The Morgan fingerprint density at radius 1 is 1.54 bits per heavy atom. The van der Waals surface area contributed by atoms with E-state index in [2.05, 4.69) is 5.10 Å². The molecule has 0 spiro atoms. The fourth-order valence-corrected chi connectivity index (χ4v) is 2.80. The second-order valence-electron chi connectivity index (χ2n) is 2.46. The Hall–Kier alpha value is -0.260. The summed E-state index contributed by atoms with van der Waals surface area (Å²) >= 11 is 5.73. The summed E-state index contributed by atoms with van der Waals surface area (Å²) in [6, 6.07) is 0. The highest BCUT2D eigenvalue weighted by Gasteiger charge is 2.23. The van der Waals surface area contributed by atoms with Gasteiger partial charge in [-0.3, -0.25) is 4.68 Å². The molecule has 0 atom stereocenters. The first-order valence-electron chi connectivity index (χ1n) is 3.55. The van der Waals surface area contributed by atoms with Gasteiger partial charge in [-0.25, -0.2) is 8.42 Å². The predicted molar refractivity (Wildman–Crippen MR) is 50.7 cm³/mol. The van der Waals surface area contributed by atoms with E-state index in [0.29, 0.717) is 12.2 Å². The number of aryl methyl sites for hydroxylation is 2. The lowest BCUT2D eigenvalue weighted by Crippen LogP contribution is -2.05. The predicted octanol–water partition coefficient (Wildman–Crippen LogP) is 1.79. The van der Waals surface area contributed by atoms with Crippen molar-refractivity contribution in [1.82, 2.24) is 9.78 Å². The summed E-state index contributed by atoms with van der Waals surface area (Å²) in [6.45, 7) is 3.79. The molecule has 0 aromatic carbocycles. The third-order valence-corrected chi connectivity index (χ3v) is 3.42. The average molecular weight is 243 g/mol. The summed E-state index contributed by atoms with van der Waals surface area (Å²) in [5.74, 6) is 0. The Bertz CT molecular complexity index is 424. The number of hydrogen-bond acceptors (Lipinski definition) is 3. The molecule has 0 saturated heterocycles. The lowest BCUT2D eigenvalue weighted by Gasteiger charge is -1.99. The van der Waals surface area contributed by atoms with Crippen molar-refractivity contribution in [2.75, 3.05) is 0 Å². The van der Waals surface area contributed by atoms with Crippen LogP contribution in [0.25, 0.3) is 0 Å². The normalized spacial score (nSPS) is 12.0. The topological polar surface area (TPSA) is 52.0 Å². The lowest BCUT2D eigenvalue weighted by molar-refractivity contribution is 0.563. The van der Waals surface area contributed by atoms with Crippen molar-refractivity contribution >= 4 is 31.3 Å². The minimum atomic E-state index is -3.81. The van der Waals surface area contributed by atoms with Gasteiger partial charge in [0.05, 0.1) is 5.69 Å². The minimum Gasteiger partial charge on any atom is -0.252 e. The maximum Gasteiger partial charge on any atom is 0.279 e. The summed E-state index contributed by atoms with van der Waals surface area (Å²) in [4.78, 5) is 0. The second-order valence-corrected chi connectivity index (χ2v) is 5.32. The van der Waals surface area contributed by atoms with E-state index in [1.807, 2.05) is 0 Å². The maximum atomic E-state index is 11.1. The standard InChI is InChI=1S/C6H8Cl2N2O2S/c1-3-10-6(13(8,11)12)5(7)4(2)9-10/h3H2,1-2H3. The first-order valence-corrected chi connectivity index (χ1v) is 6.24. The molecule has 4 nitrogen and oxygen atoms in total. The van der Waals surface area contributed by atoms with Gasteiger partial charge in [0.15, 0.2) is 5.03 Å². The van der Waals surface area contributed by atoms with E-state index >= 15 is 0 Å². The van der Waals surface area contributed by atoms with E-state index in [0.717, 1.165) is 0 Å². The molecule has 0 aliphatic rings. The van der Waals surface area contributed by atoms with E-state index in [4.69, 9.17) is 22.3 Å². The first-order chi connectivity index (χ1) is 5.88.